The molecule has 0 rings (SSSR count). The molecule has 0 aliphatic carbocycles. The summed E-state index contributed by atoms with van der Waals surface area (Å²) in [5.41, 5.74) is 0. The lowest BCUT2D eigenvalue weighted by Gasteiger charge is -2.11. The predicted octanol–water partition coefficient (Wildman–Crippen LogP) is -0.524. The average molecular weight is 132 g/mol. The Morgan fingerprint density at radius 3 is 2.44 bits per heavy atom. The van der Waals surface area contributed by atoms with Crippen LogP contribution in [0.25, 0.3) is 0 Å². The number of hydrogen-bond acceptors (Lipinski definition) is 3. The maximum Gasteiger partial charge on any atom is 0.102 e. The van der Waals surface area contributed by atoms with Gasteiger partial charge in [-0.1, -0.05) is 0 Å². The highest BCUT2D eigenvalue weighted by atomic mass is 16.3. The highest BCUT2D eigenvalue weighted by Crippen LogP contribution is 1.73. The Hall–Kier alpha value is -0.120. The van der Waals surface area contributed by atoms with Crippen LogP contribution < -0.4 is 5.32 Å². The Morgan fingerprint density at radius 2 is 2.11 bits per heavy atom. The molecule has 0 amide bonds. The van der Waals surface area contributed by atoms with E-state index in [0.717, 1.165) is 13.1 Å². The smallest absolute Gasteiger partial charge is 0.102 e. The summed E-state index contributed by atoms with van der Waals surface area (Å²) in [6.07, 6.45) is -0.384. The summed E-state index contributed by atoms with van der Waals surface area (Å²) in [6.45, 7) is 3.52. The first-order chi connectivity index (χ1) is 4.13. The molecule has 0 spiro atoms. The lowest BCUT2D eigenvalue weighted by Crippen LogP contribution is -2.32. The number of aliphatic hydroxyl groups excluding tert-OH is 1. The minimum Gasteiger partial charge on any atom is -0.379 e. The van der Waals surface area contributed by atoms with Gasteiger partial charge in [0.1, 0.15) is 6.23 Å². The fraction of sp³-hybridized carbons (Fsp3) is 1.00. The molecule has 0 heterocycles. The Morgan fingerprint density at radius 1 is 1.56 bits per heavy atom. The second-order valence-electron chi connectivity index (χ2n) is 2.43. The van der Waals surface area contributed by atoms with Crippen molar-refractivity contribution >= 4 is 0 Å². The Labute approximate surface area is 56.7 Å². The van der Waals surface area contributed by atoms with Crippen molar-refractivity contribution in [1.82, 2.24) is 10.2 Å². The number of nitrogens with zero attached hydrogens (tertiary/aromatic N) is 1. The molecule has 3 nitrogen and oxygen atoms in total. The van der Waals surface area contributed by atoms with Gasteiger partial charge in [0.05, 0.1) is 0 Å². The first-order valence-corrected chi connectivity index (χ1v) is 3.19. The monoisotopic (exact) mass is 132 g/mol. The summed E-state index contributed by atoms with van der Waals surface area (Å²) in [4.78, 5) is 2.06. The van der Waals surface area contributed by atoms with E-state index in [0.29, 0.717) is 0 Å². The fourth-order valence-electron chi connectivity index (χ4n) is 0.497. The quantitative estimate of drug-likeness (QED) is 0.505. The summed E-state index contributed by atoms with van der Waals surface area (Å²) in [7, 11) is 4.01. The molecule has 2 N–H and O–H groups in total. The molecule has 56 valence electrons. The lowest BCUT2D eigenvalue weighted by atomic mass is 10.5. The number of nitrogens with one attached hydrogen (secondary N) is 1. The van der Waals surface area contributed by atoms with Crippen LogP contribution in [0.3, 0.4) is 0 Å². The van der Waals surface area contributed by atoms with Crippen molar-refractivity contribution in [3.05, 3.63) is 0 Å². The van der Waals surface area contributed by atoms with Gasteiger partial charge in [0, 0.05) is 13.1 Å². The summed E-state index contributed by atoms with van der Waals surface area (Å²) in [5.74, 6) is 0. The largest absolute Gasteiger partial charge is 0.379 e. The van der Waals surface area contributed by atoms with E-state index in [4.69, 9.17) is 5.11 Å². The van der Waals surface area contributed by atoms with Crippen molar-refractivity contribution in [1.29, 1.82) is 0 Å². The number of aliphatic hydroxyl groups is 1. The second-order valence-corrected chi connectivity index (χ2v) is 2.43. The third-order valence-electron chi connectivity index (χ3n) is 0.999. The van der Waals surface area contributed by atoms with Crippen LogP contribution >= 0.6 is 0 Å². The van der Waals surface area contributed by atoms with Gasteiger partial charge in [0.2, 0.25) is 0 Å². The van der Waals surface area contributed by atoms with E-state index in [-0.39, 0.29) is 6.23 Å². The van der Waals surface area contributed by atoms with Crippen molar-refractivity contribution < 1.29 is 5.11 Å². The average Bonchev–Trinajstić information content (AvgIpc) is 1.63. The van der Waals surface area contributed by atoms with Crippen LogP contribution in [-0.4, -0.2) is 43.4 Å². The zero-order valence-electron chi connectivity index (χ0n) is 6.39. The highest BCUT2D eigenvalue weighted by molar-refractivity contribution is 4.49. The summed E-state index contributed by atoms with van der Waals surface area (Å²) in [5, 5.41) is 11.6. The van der Waals surface area contributed by atoms with Gasteiger partial charge >= 0.3 is 0 Å². The number of rotatable bonds is 4. The van der Waals surface area contributed by atoms with Gasteiger partial charge in [-0.3, -0.25) is 5.32 Å². The summed E-state index contributed by atoms with van der Waals surface area (Å²) in [6, 6.07) is 0. The predicted molar refractivity (Wildman–Crippen MR) is 38.2 cm³/mol. The van der Waals surface area contributed by atoms with Crippen LogP contribution in [0, 0.1) is 0 Å². The molecule has 0 aromatic heterocycles. The van der Waals surface area contributed by atoms with E-state index in [2.05, 4.69) is 10.2 Å². The van der Waals surface area contributed by atoms with Gasteiger partial charge in [-0.05, 0) is 21.0 Å². The maximum atomic E-state index is 8.74. The highest BCUT2D eigenvalue weighted by Gasteiger charge is 1.92. The van der Waals surface area contributed by atoms with Gasteiger partial charge < -0.3 is 10.0 Å². The minimum atomic E-state index is -0.384. The van der Waals surface area contributed by atoms with Crippen LogP contribution in [0.1, 0.15) is 6.92 Å². The van der Waals surface area contributed by atoms with Crippen molar-refractivity contribution in [2.24, 2.45) is 0 Å². The molecule has 1 unspecified atom stereocenters. The van der Waals surface area contributed by atoms with E-state index >= 15 is 0 Å². The molecule has 0 saturated carbocycles. The lowest BCUT2D eigenvalue weighted by molar-refractivity contribution is 0.153. The van der Waals surface area contributed by atoms with Gasteiger partial charge in [0.25, 0.3) is 0 Å². The van der Waals surface area contributed by atoms with Gasteiger partial charge in [-0.2, -0.15) is 0 Å². The molecule has 0 radical (unpaired) electrons. The molecule has 0 aliphatic heterocycles. The van der Waals surface area contributed by atoms with Crippen LogP contribution in [0.5, 0.6) is 0 Å². The molecule has 9 heavy (non-hydrogen) atoms. The van der Waals surface area contributed by atoms with Gasteiger partial charge in [0.15, 0.2) is 0 Å². The molecule has 0 aromatic rings. The molecule has 0 saturated heterocycles. The molecule has 3 heteroatoms. The topological polar surface area (TPSA) is 35.5 Å². The van der Waals surface area contributed by atoms with Crippen LogP contribution in [-0.2, 0) is 0 Å². The standard InChI is InChI=1S/C6H16N2O/c1-6(9)7-4-5-8(2)3/h6-7,9H,4-5H2,1-3H3. The van der Waals surface area contributed by atoms with E-state index in [1.165, 1.54) is 0 Å². The summed E-state index contributed by atoms with van der Waals surface area (Å²) < 4.78 is 0. The van der Waals surface area contributed by atoms with Crippen molar-refractivity contribution in [2.45, 2.75) is 13.2 Å². The van der Waals surface area contributed by atoms with Crippen molar-refractivity contribution in [3.8, 4) is 0 Å². The molecule has 0 aromatic carbocycles. The molecular weight excluding hydrogens is 116 g/mol. The van der Waals surface area contributed by atoms with Crippen LogP contribution in [0.15, 0.2) is 0 Å². The SMILES string of the molecule is CC(O)NCCN(C)C. The Balaban J connectivity index is 2.91. The molecule has 0 aliphatic rings. The minimum absolute atomic E-state index is 0.384. The first-order valence-electron chi connectivity index (χ1n) is 3.19. The molecule has 1 atom stereocenters. The molecular formula is C6H16N2O. The molecule has 0 fully saturated rings. The fourth-order valence-corrected chi connectivity index (χ4v) is 0.497. The van der Waals surface area contributed by atoms with Crippen LogP contribution in [0.2, 0.25) is 0 Å². The van der Waals surface area contributed by atoms with E-state index < -0.39 is 0 Å². The maximum absolute atomic E-state index is 8.74. The van der Waals surface area contributed by atoms with Crippen molar-refractivity contribution in [3.63, 3.8) is 0 Å². The number of hydrogen-bond donors (Lipinski definition) is 2. The van der Waals surface area contributed by atoms with E-state index in [1.807, 2.05) is 14.1 Å². The van der Waals surface area contributed by atoms with Crippen LogP contribution in [0.4, 0.5) is 0 Å². The Bertz CT molecular complexity index is 56.1. The number of likely N-dealkylation sites (N-methyl/N-ethyl adjacent to an activating group) is 1. The zero-order chi connectivity index (χ0) is 7.28. The van der Waals surface area contributed by atoms with Gasteiger partial charge in [-0.15, -0.1) is 0 Å². The first kappa shape index (κ1) is 8.88. The van der Waals surface area contributed by atoms with E-state index in [1.54, 1.807) is 6.92 Å². The third-order valence-corrected chi connectivity index (χ3v) is 0.999. The third kappa shape index (κ3) is 7.88. The normalized spacial score (nSPS) is 14.3. The molecule has 0 bridgehead atoms. The Kier molecular flexibility index (Phi) is 4.67. The summed E-state index contributed by atoms with van der Waals surface area (Å²) >= 11 is 0. The van der Waals surface area contributed by atoms with Gasteiger partial charge in [-0.25, -0.2) is 0 Å². The van der Waals surface area contributed by atoms with Crippen molar-refractivity contribution in [2.75, 3.05) is 27.2 Å². The zero-order valence-corrected chi connectivity index (χ0v) is 6.39. The van der Waals surface area contributed by atoms with E-state index in [9.17, 15) is 0 Å². The second kappa shape index (κ2) is 4.73.